The minimum atomic E-state index is -0.307. The van der Waals surface area contributed by atoms with Gasteiger partial charge in [0.05, 0.1) is 17.7 Å². The first-order valence-corrected chi connectivity index (χ1v) is 12.0. The molecule has 5 aliphatic carbocycles. The van der Waals surface area contributed by atoms with E-state index in [0.29, 0.717) is 34.4 Å². The van der Waals surface area contributed by atoms with Crippen LogP contribution in [0.5, 0.6) is 5.75 Å². The molecule has 2 bridgehead atoms. The summed E-state index contributed by atoms with van der Waals surface area (Å²) in [5, 5.41) is 15.5. The first-order chi connectivity index (χ1) is 16.3. The van der Waals surface area contributed by atoms with Crippen LogP contribution in [-0.2, 0) is 9.59 Å². The van der Waals surface area contributed by atoms with E-state index in [1.54, 1.807) is 18.3 Å². The van der Waals surface area contributed by atoms with Crippen molar-refractivity contribution in [3.63, 3.8) is 0 Å². The van der Waals surface area contributed by atoms with Gasteiger partial charge in [0.1, 0.15) is 18.0 Å². The minimum Gasteiger partial charge on any atom is -0.490 e. The zero-order valence-corrected chi connectivity index (χ0v) is 19.0. The Bertz CT molecular complexity index is 1210. The first kappa shape index (κ1) is 21.3. The molecule has 8 heteroatoms. The SMILES string of the molecule is CC(C(=O)NC12CC(NC(=O)CC#N)(C1)C2)C1[C@H]2CC(Oc3ccnc4ccc(F)cc34)C[C@@H]12. The molecule has 0 radical (unpaired) electrons. The highest BCUT2D eigenvalue weighted by molar-refractivity contribution is 5.85. The van der Waals surface area contributed by atoms with Crippen LogP contribution in [0, 0.1) is 40.8 Å². The molecule has 1 heterocycles. The number of fused-ring (bicyclic) bond motifs is 2. The molecule has 0 aliphatic heterocycles. The van der Waals surface area contributed by atoms with Crippen molar-refractivity contribution in [2.24, 2.45) is 23.7 Å². The number of hydrogen-bond acceptors (Lipinski definition) is 5. The second kappa shape index (κ2) is 7.39. The Morgan fingerprint density at radius 1 is 1.21 bits per heavy atom. The molecule has 0 spiro atoms. The summed E-state index contributed by atoms with van der Waals surface area (Å²) in [5.74, 6) is 1.52. The fraction of sp³-hybridized carbons (Fsp3) is 0.538. The van der Waals surface area contributed by atoms with Crippen LogP contribution in [0.2, 0.25) is 0 Å². The molecule has 5 aliphatic rings. The van der Waals surface area contributed by atoms with Gasteiger partial charge in [-0.25, -0.2) is 4.39 Å². The molecule has 176 valence electrons. The van der Waals surface area contributed by atoms with Gasteiger partial charge in [0.2, 0.25) is 11.8 Å². The van der Waals surface area contributed by atoms with E-state index in [0.717, 1.165) is 32.1 Å². The number of ether oxygens (including phenoxy) is 1. The summed E-state index contributed by atoms with van der Waals surface area (Å²) < 4.78 is 20.0. The molecule has 0 saturated heterocycles. The summed E-state index contributed by atoms with van der Waals surface area (Å²) in [5.41, 5.74) is 0.314. The van der Waals surface area contributed by atoms with Crippen LogP contribution in [0.4, 0.5) is 4.39 Å². The van der Waals surface area contributed by atoms with Crippen LogP contribution in [0.15, 0.2) is 30.5 Å². The van der Waals surface area contributed by atoms with Crippen molar-refractivity contribution in [3.05, 3.63) is 36.3 Å². The van der Waals surface area contributed by atoms with Gasteiger partial charge in [0.25, 0.3) is 0 Å². The Labute approximate surface area is 197 Å². The number of hydrogen-bond donors (Lipinski definition) is 2. The van der Waals surface area contributed by atoms with Gasteiger partial charge >= 0.3 is 0 Å². The average molecular weight is 463 g/mol. The Kier molecular flexibility index (Phi) is 4.64. The quantitative estimate of drug-likeness (QED) is 0.658. The van der Waals surface area contributed by atoms with Gasteiger partial charge in [0, 0.05) is 28.6 Å². The van der Waals surface area contributed by atoms with Gasteiger partial charge in [-0.05, 0) is 74.1 Å². The molecular weight excluding hydrogens is 435 g/mol. The van der Waals surface area contributed by atoms with Crippen molar-refractivity contribution in [2.75, 3.05) is 0 Å². The molecule has 1 aromatic heterocycles. The van der Waals surface area contributed by atoms with Crippen LogP contribution >= 0.6 is 0 Å². The number of nitriles is 1. The van der Waals surface area contributed by atoms with Gasteiger partial charge in [-0.2, -0.15) is 5.26 Å². The van der Waals surface area contributed by atoms with Crippen LogP contribution in [0.25, 0.3) is 10.9 Å². The predicted molar refractivity (Wildman–Crippen MR) is 121 cm³/mol. The highest BCUT2D eigenvalue weighted by Crippen LogP contribution is 2.63. The zero-order chi connectivity index (χ0) is 23.7. The average Bonchev–Trinajstić information content (AvgIpc) is 3.25. The molecule has 34 heavy (non-hydrogen) atoms. The number of benzene rings is 1. The van der Waals surface area contributed by atoms with E-state index in [4.69, 9.17) is 10.00 Å². The maximum atomic E-state index is 13.7. The van der Waals surface area contributed by atoms with Crippen molar-refractivity contribution >= 4 is 22.7 Å². The second-order valence-corrected chi connectivity index (χ2v) is 10.8. The third kappa shape index (κ3) is 3.41. The third-order valence-corrected chi connectivity index (χ3v) is 8.48. The molecule has 2 aromatic rings. The number of aromatic nitrogens is 1. The van der Waals surface area contributed by atoms with Gasteiger partial charge in [-0.15, -0.1) is 0 Å². The Morgan fingerprint density at radius 2 is 1.91 bits per heavy atom. The van der Waals surface area contributed by atoms with E-state index < -0.39 is 0 Å². The molecule has 5 fully saturated rings. The topological polar surface area (TPSA) is 104 Å². The maximum absolute atomic E-state index is 13.7. The number of carbonyl (C=O) groups is 2. The number of halogens is 1. The molecule has 5 saturated carbocycles. The first-order valence-electron chi connectivity index (χ1n) is 12.0. The summed E-state index contributed by atoms with van der Waals surface area (Å²) in [6, 6.07) is 8.19. The van der Waals surface area contributed by atoms with E-state index in [-0.39, 0.29) is 47.2 Å². The number of carbonyl (C=O) groups excluding carboxylic acids is 2. The van der Waals surface area contributed by atoms with Gasteiger partial charge in [-0.1, -0.05) is 6.92 Å². The van der Waals surface area contributed by atoms with Crippen LogP contribution in [0.3, 0.4) is 0 Å². The second-order valence-electron chi connectivity index (χ2n) is 10.8. The molecule has 2 amide bonds. The van der Waals surface area contributed by atoms with Crippen molar-refractivity contribution in [3.8, 4) is 11.8 Å². The smallest absolute Gasteiger partial charge is 0.234 e. The fourth-order valence-corrected chi connectivity index (χ4v) is 7.07. The van der Waals surface area contributed by atoms with Gasteiger partial charge in [-0.3, -0.25) is 14.6 Å². The Hall–Kier alpha value is -3.21. The fourth-order valence-electron chi connectivity index (χ4n) is 7.07. The lowest BCUT2D eigenvalue weighted by atomic mass is 9.44. The highest BCUT2D eigenvalue weighted by atomic mass is 19.1. The molecular formula is C26H27FN4O3. The summed E-state index contributed by atoms with van der Waals surface area (Å²) in [6.45, 7) is 2.02. The largest absolute Gasteiger partial charge is 0.490 e. The lowest BCUT2D eigenvalue weighted by Crippen LogP contribution is -2.84. The van der Waals surface area contributed by atoms with Crippen molar-refractivity contribution in [1.82, 2.24) is 15.6 Å². The van der Waals surface area contributed by atoms with E-state index in [1.165, 1.54) is 12.1 Å². The summed E-state index contributed by atoms with van der Waals surface area (Å²) in [6.07, 6.45) is 5.71. The number of nitrogens with zero attached hydrogens (tertiary/aromatic N) is 2. The van der Waals surface area contributed by atoms with Crippen molar-refractivity contribution in [1.29, 1.82) is 5.26 Å². The molecule has 5 atom stereocenters. The van der Waals surface area contributed by atoms with Crippen molar-refractivity contribution < 1.29 is 18.7 Å². The molecule has 7 nitrogen and oxygen atoms in total. The maximum Gasteiger partial charge on any atom is 0.234 e. The zero-order valence-electron chi connectivity index (χ0n) is 19.0. The molecule has 3 unspecified atom stereocenters. The number of nitrogens with one attached hydrogen (secondary N) is 2. The summed E-state index contributed by atoms with van der Waals surface area (Å²) >= 11 is 0. The standard InChI is InChI=1S/C26H27FN4O3/c1-14(24(33)31-26-11-25(12-26,13-26)30-22(32)4-6-28)23-17-9-16(10-18(17)23)34-21-5-7-29-20-3-2-15(27)8-19(20)21/h2-3,5,7-8,14,16-18,23H,4,9-13H2,1H3,(H,30,32)(H,31,33)/t14?,16?,17-,18+,23?,25?,26?. The number of amides is 2. The lowest BCUT2D eigenvalue weighted by Gasteiger charge is -2.70. The highest BCUT2D eigenvalue weighted by Gasteiger charge is 2.70. The Morgan fingerprint density at radius 3 is 2.62 bits per heavy atom. The monoisotopic (exact) mass is 462 g/mol. The predicted octanol–water partition coefficient (Wildman–Crippen LogP) is 3.23. The summed E-state index contributed by atoms with van der Waals surface area (Å²) in [7, 11) is 0. The van der Waals surface area contributed by atoms with Gasteiger partial charge in [0.15, 0.2) is 0 Å². The lowest BCUT2D eigenvalue weighted by molar-refractivity contribution is -0.151. The van der Waals surface area contributed by atoms with Gasteiger partial charge < -0.3 is 15.4 Å². The van der Waals surface area contributed by atoms with E-state index in [2.05, 4.69) is 15.6 Å². The normalized spacial score (nSPS) is 35.2. The van der Waals surface area contributed by atoms with E-state index in [1.807, 2.05) is 13.0 Å². The van der Waals surface area contributed by atoms with Crippen LogP contribution < -0.4 is 15.4 Å². The summed E-state index contributed by atoms with van der Waals surface area (Å²) in [4.78, 5) is 28.9. The third-order valence-electron chi connectivity index (χ3n) is 8.48. The van der Waals surface area contributed by atoms with E-state index in [9.17, 15) is 14.0 Å². The Balaban J connectivity index is 1.00. The number of rotatable bonds is 7. The van der Waals surface area contributed by atoms with Crippen LogP contribution in [-0.4, -0.2) is 34.0 Å². The molecule has 1 aromatic carbocycles. The number of pyridine rings is 1. The van der Waals surface area contributed by atoms with Crippen LogP contribution in [0.1, 0.15) is 45.4 Å². The van der Waals surface area contributed by atoms with E-state index >= 15 is 0 Å². The minimum absolute atomic E-state index is 0.0510. The molecule has 7 rings (SSSR count). The molecule has 2 N–H and O–H groups in total. The van der Waals surface area contributed by atoms with Crippen molar-refractivity contribution in [2.45, 2.75) is 62.6 Å².